The molecule has 2 atom stereocenters. The SMILES string of the molecule is CC1CCC(n2cnc3ccc(C(=O)O)cc32)C1. The molecule has 0 bridgehead atoms. The summed E-state index contributed by atoms with van der Waals surface area (Å²) >= 11 is 0. The number of fused-ring (bicyclic) bond motifs is 1. The third-order valence-electron chi connectivity index (χ3n) is 3.88. The van der Waals surface area contributed by atoms with Gasteiger partial charge in [0, 0.05) is 6.04 Å². The molecule has 1 aliphatic rings. The van der Waals surface area contributed by atoms with Gasteiger partial charge in [0.15, 0.2) is 0 Å². The average molecular weight is 244 g/mol. The van der Waals surface area contributed by atoms with Crippen LogP contribution in [0.15, 0.2) is 24.5 Å². The summed E-state index contributed by atoms with van der Waals surface area (Å²) in [7, 11) is 0. The molecule has 1 aromatic carbocycles. The van der Waals surface area contributed by atoms with Gasteiger partial charge in [-0.05, 0) is 43.4 Å². The topological polar surface area (TPSA) is 55.1 Å². The van der Waals surface area contributed by atoms with Crippen molar-refractivity contribution in [3.8, 4) is 0 Å². The molecule has 2 aromatic rings. The highest BCUT2D eigenvalue weighted by Crippen LogP contribution is 2.35. The number of aromatic nitrogens is 2. The number of carboxylic acids is 1. The van der Waals surface area contributed by atoms with Crippen LogP contribution in [0.3, 0.4) is 0 Å². The summed E-state index contributed by atoms with van der Waals surface area (Å²) in [6, 6.07) is 5.59. The van der Waals surface area contributed by atoms with Gasteiger partial charge in [0.25, 0.3) is 0 Å². The van der Waals surface area contributed by atoms with Crippen molar-refractivity contribution in [1.29, 1.82) is 0 Å². The van der Waals surface area contributed by atoms with Gasteiger partial charge >= 0.3 is 5.97 Å². The molecule has 1 saturated carbocycles. The number of carboxylic acid groups (broad SMARTS) is 1. The number of aromatic carboxylic acids is 1. The first-order chi connectivity index (χ1) is 8.65. The van der Waals surface area contributed by atoms with Crippen molar-refractivity contribution >= 4 is 17.0 Å². The lowest BCUT2D eigenvalue weighted by Gasteiger charge is -2.12. The summed E-state index contributed by atoms with van der Waals surface area (Å²) in [5, 5.41) is 9.05. The number of hydrogen-bond donors (Lipinski definition) is 1. The summed E-state index contributed by atoms with van der Waals surface area (Å²) in [4.78, 5) is 15.4. The van der Waals surface area contributed by atoms with Crippen LogP contribution in [0.1, 0.15) is 42.6 Å². The normalized spacial score (nSPS) is 23.6. The van der Waals surface area contributed by atoms with Gasteiger partial charge in [-0.2, -0.15) is 0 Å². The Morgan fingerprint density at radius 1 is 1.44 bits per heavy atom. The smallest absolute Gasteiger partial charge is 0.335 e. The van der Waals surface area contributed by atoms with Crippen LogP contribution in [-0.2, 0) is 0 Å². The van der Waals surface area contributed by atoms with E-state index in [0.717, 1.165) is 29.8 Å². The molecule has 94 valence electrons. The lowest BCUT2D eigenvalue weighted by Crippen LogP contribution is -2.04. The van der Waals surface area contributed by atoms with Gasteiger partial charge < -0.3 is 9.67 Å². The van der Waals surface area contributed by atoms with Crippen LogP contribution < -0.4 is 0 Å². The Morgan fingerprint density at radius 2 is 2.28 bits per heavy atom. The van der Waals surface area contributed by atoms with Crippen LogP contribution in [0.5, 0.6) is 0 Å². The maximum Gasteiger partial charge on any atom is 0.335 e. The molecule has 1 fully saturated rings. The van der Waals surface area contributed by atoms with E-state index in [9.17, 15) is 4.79 Å². The number of nitrogens with zero attached hydrogens (tertiary/aromatic N) is 2. The van der Waals surface area contributed by atoms with E-state index in [1.54, 1.807) is 18.2 Å². The van der Waals surface area contributed by atoms with E-state index in [4.69, 9.17) is 5.11 Å². The van der Waals surface area contributed by atoms with Crippen molar-refractivity contribution in [2.45, 2.75) is 32.2 Å². The predicted octanol–water partition coefficient (Wildman–Crippen LogP) is 3.10. The zero-order valence-corrected chi connectivity index (χ0v) is 10.3. The summed E-state index contributed by atoms with van der Waals surface area (Å²) in [5.74, 6) is -0.139. The highest BCUT2D eigenvalue weighted by molar-refractivity contribution is 5.92. The number of hydrogen-bond acceptors (Lipinski definition) is 2. The maximum atomic E-state index is 11.0. The molecule has 18 heavy (non-hydrogen) atoms. The molecule has 1 heterocycles. The fraction of sp³-hybridized carbons (Fsp3) is 0.429. The zero-order valence-electron chi connectivity index (χ0n) is 10.3. The lowest BCUT2D eigenvalue weighted by molar-refractivity contribution is 0.0697. The van der Waals surface area contributed by atoms with Crippen LogP contribution in [0.4, 0.5) is 0 Å². The van der Waals surface area contributed by atoms with Gasteiger partial charge in [-0.25, -0.2) is 9.78 Å². The minimum absolute atomic E-state index is 0.329. The van der Waals surface area contributed by atoms with Crippen LogP contribution in [-0.4, -0.2) is 20.6 Å². The number of carbonyl (C=O) groups is 1. The third-order valence-corrected chi connectivity index (χ3v) is 3.88. The standard InChI is InChI=1S/C14H16N2O2/c1-9-2-4-11(6-9)16-8-15-12-5-3-10(14(17)18)7-13(12)16/h3,5,7-9,11H,2,4,6H2,1H3,(H,17,18). The fourth-order valence-corrected chi connectivity index (χ4v) is 2.88. The van der Waals surface area contributed by atoms with Crippen molar-refractivity contribution < 1.29 is 9.90 Å². The van der Waals surface area contributed by atoms with Gasteiger partial charge in [0.05, 0.1) is 22.9 Å². The van der Waals surface area contributed by atoms with Gasteiger partial charge in [0.2, 0.25) is 0 Å². The number of imidazole rings is 1. The van der Waals surface area contributed by atoms with Crippen molar-refractivity contribution in [2.75, 3.05) is 0 Å². The van der Waals surface area contributed by atoms with E-state index >= 15 is 0 Å². The minimum Gasteiger partial charge on any atom is -0.478 e. The minimum atomic E-state index is -0.885. The molecule has 4 heteroatoms. The van der Waals surface area contributed by atoms with Crippen molar-refractivity contribution in [3.05, 3.63) is 30.1 Å². The summed E-state index contributed by atoms with van der Waals surface area (Å²) in [6.07, 6.45) is 5.40. The second-order valence-corrected chi connectivity index (χ2v) is 5.23. The van der Waals surface area contributed by atoms with Gasteiger partial charge in [-0.3, -0.25) is 0 Å². The largest absolute Gasteiger partial charge is 0.478 e. The van der Waals surface area contributed by atoms with Crippen molar-refractivity contribution in [1.82, 2.24) is 9.55 Å². The molecule has 0 amide bonds. The Morgan fingerprint density at radius 3 is 2.94 bits per heavy atom. The van der Waals surface area contributed by atoms with Crippen LogP contribution in [0, 0.1) is 5.92 Å². The van der Waals surface area contributed by atoms with E-state index in [-0.39, 0.29) is 0 Å². The van der Waals surface area contributed by atoms with E-state index in [2.05, 4.69) is 16.5 Å². The van der Waals surface area contributed by atoms with E-state index in [0.29, 0.717) is 11.6 Å². The lowest BCUT2D eigenvalue weighted by atomic mass is 10.1. The molecular weight excluding hydrogens is 228 g/mol. The highest BCUT2D eigenvalue weighted by Gasteiger charge is 2.24. The van der Waals surface area contributed by atoms with E-state index < -0.39 is 5.97 Å². The van der Waals surface area contributed by atoms with Crippen LogP contribution in [0.2, 0.25) is 0 Å². The van der Waals surface area contributed by atoms with Crippen molar-refractivity contribution in [3.63, 3.8) is 0 Å². The van der Waals surface area contributed by atoms with Gasteiger partial charge in [0.1, 0.15) is 0 Å². The van der Waals surface area contributed by atoms with Gasteiger partial charge in [-0.1, -0.05) is 6.92 Å². The quantitative estimate of drug-likeness (QED) is 0.883. The number of rotatable bonds is 2. The second kappa shape index (κ2) is 4.12. The average Bonchev–Trinajstić information content (AvgIpc) is 2.93. The molecule has 0 aliphatic heterocycles. The fourth-order valence-electron chi connectivity index (χ4n) is 2.88. The van der Waals surface area contributed by atoms with E-state index in [1.165, 1.54) is 6.42 Å². The molecule has 2 unspecified atom stereocenters. The molecule has 0 saturated heterocycles. The Balaban J connectivity index is 2.06. The summed E-state index contributed by atoms with van der Waals surface area (Å²) in [6.45, 7) is 2.27. The molecule has 1 aliphatic carbocycles. The first-order valence-electron chi connectivity index (χ1n) is 6.35. The molecule has 0 spiro atoms. The molecule has 3 rings (SSSR count). The molecule has 1 aromatic heterocycles. The Bertz CT molecular complexity index is 603. The van der Waals surface area contributed by atoms with E-state index in [1.807, 2.05) is 6.33 Å². The van der Waals surface area contributed by atoms with Crippen LogP contribution >= 0.6 is 0 Å². The predicted molar refractivity (Wildman–Crippen MR) is 68.7 cm³/mol. The Kier molecular flexibility index (Phi) is 2.58. The first-order valence-corrected chi connectivity index (χ1v) is 6.35. The highest BCUT2D eigenvalue weighted by atomic mass is 16.4. The third kappa shape index (κ3) is 1.78. The molecule has 1 N–H and O–H groups in total. The Hall–Kier alpha value is -1.84. The summed E-state index contributed by atoms with van der Waals surface area (Å²) in [5.41, 5.74) is 2.14. The molecule has 0 radical (unpaired) electrons. The summed E-state index contributed by atoms with van der Waals surface area (Å²) < 4.78 is 2.14. The molecular formula is C14H16N2O2. The number of benzene rings is 1. The zero-order chi connectivity index (χ0) is 12.7. The first kappa shape index (κ1) is 11.3. The van der Waals surface area contributed by atoms with Crippen LogP contribution in [0.25, 0.3) is 11.0 Å². The maximum absolute atomic E-state index is 11.0. The van der Waals surface area contributed by atoms with Gasteiger partial charge in [-0.15, -0.1) is 0 Å². The van der Waals surface area contributed by atoms with Crippen molar-refractivity contribution in [2.24, 2.45) is 5.92 Å². The monoisotopic (exact) mass is 244 g/mol. The Labute approximate surface area is 105 Å². The second-order valence-electron chi connectivity index (χ2n) is 5.23. The molecule has 4 nitrogen and oxygen atoms in total.